The Kier molecular flexibility index (Phi) is 4.52. The molecule has 2 aromatic carbocycles. The van der Waals surface area contributed by atoms with E-state index in [0.29, 0.717) is 6.54 Å². The fourth-order valence-corrected chi connectivity index (χ4v) is 3.71. The minimum atomic E-state index is -1.90. The lowest BCUT2D eigenvalue weighted by Crippen LogP contribution is -2.31. The Balaban J connectivity index is 1.75. The van der Waals surface area contributed by atoms with Crippen molar-refractivity contribution in [3.05, 3.63) is 65.2 Å². The van der Waals surface area contributed by atoms with Gasteiger partial charge in [-0.15, -0.1) is 0 Å². The van der Waals surface area contributed by atoms with Crippen LogP contribution in [0.25, 0.3) is 0 Å². The Morgan fingerprint density at radius 3 is 2.32 bits per heavy atom. The van der Waals surface area contributed by atoms with Crippen molar-refractivity contribution in [3.63, 3.8) is 0 Å². The van der Waals surface area contributed by atoms with Crippen molar-refractivity contribution < 1.29 is 14.0 Å². The number of rotatable bonds is 4. The normalized spacial score (nSPS) is 15.0. The summed E-state index contributed by atoms with van der Waals surface area (Å²) >= 11 is 0. The van der Waals surface area contributed by atoms with E-state index in [-0.39, 0.29) is 17.8 Å². The van der Waals surface area contributed by atoms with Crippen LogP contribution in [-0.4, -0.2) is 20.2 Å². The first-order chi connectivity index (χ1) is 11.8. The maximum atomic E-state index is 12.5. The molecule has 4 nitrogen and oxygen atoms in total. The molecule has 1 aliphatic rings. The molecule has 1 atom stereocenters. The lowest BCUT2D eigenvalue weighted by atomic mass is 10.0. The van der Waals surface area contributed by atoms with Gasteiger partial charge >= 0.3 is 0 Å². The molecule has 0 saturated carbocycles. The van der Waals surface area contributed by atoms with Crippen LogP contribution in [0.5, 0.6) is 0 Å². The summed E-state index contributed by atoms with van der Waals surface area (Å²) in [6.45, 7) is 8.43. The van der Waals surface area contributed by atoms with Crippen LogP contribution < -0.4 is 4.90 Å². The van der Waals surface area contributed by atoms with E-state index in [4.69, 9.17) is 4.43 Å². The standard InChI is InChI=1S/C20H23NO3Si/c1-14(20(23)24-25(2,3)4)15-9-11-17(12-10-15)21-13-16-7-5-6-8-18(16)19(21)22/h5-12,14H,13H2,1-4H3. The van der Waals surface area contributed by atoms with Crippen LogP contribution in [0.4, 0.5) is 5.69 Å². The van der Waals surface area contributed by atoms with Crippen LogP contribution in [0.1, 0.15) is 34.3 Å². The number of fused-ring (bicyclic) bond motifs is 1. The monoisotopic (exact) mass is 353 g/mol. The van der Waals surface area contributed by atoms with Crippen molar-refractivity contribution in [2.75, 3.05) is 4.90 Å². The van der Waals surface area contributed by atoms with Crippen molar-refractivity contribution in [2.45, 2.75) is 39.0 Å². The van der Waals surface area contributed by atoms with E-state index in [2.05, 4.69) is 0 Å². The molecule has 0 aromatic heterocycles. The van der Waals surface area contributed by atoms with Gasteiger partial charge in [0.2, 0.25) is 8.32 Å². The number of nitrogens with zero attached hydrogens (tertiary/aromatic N) is 1. The third-order valence-corrected chi connectivity index (χ3v) is 5.10. The number of carbonyl (C=O) groups is 2. The van der Waals surface area contributed by atoms with Gasteiger partial charge in [-0.25, -0.2) is 0 Å². The van der Waals surface area contributed by atoms with E-state index >= 15 is 0 Å². The van der Waals surface area contributed by atoms with Gasteiger partial charge in [-0.05, 0) is 55.9 Å². The lowest BCUT2D eigenvalue weighted by molar-refractivity contribution is -0.136. The third-order valence-electron chi connectivity index (χ3n) is 4.29. The van der Waals surface area contributed by atoms with E-state index in [0.717, 1.165) is 22.4 Å². The first-order valence-corrected chi connectivity index (χ1v) is 11.9. The fraction of sp³-hybridized carbons (Fsp3) is 0.300. The average molecular weight is 353 g/mol. The number of carbonyl (C=O) groups excluding carboxylic acids is 2. The molecule has 1 amide bonds. The molecule has 2 aromatic rings. The topological polar surface area (TPSA) is 46.6 Å². The van der Waals surface area contributed by atoms with E-state index in [9.17, 15) is 9.59 Å². The third kappa shape index (κ3) is 3.66. The van der Waals surface area contributed by atoms with Crippen LogP contribution in [0.15, 0.2) is 48.5 Å². The Morgan fingerprint density at radius 2 is 1.72 bits per heavy atom. The second kappa shape index (κ2) is 6.48. The highest BCUT2D eigenvalue weighted by atomic mass is 28.4. The van der Waals surface area contributed by atoms with Crippen LogP contribution in [0.2, 0.25) is 19.6 Å². The van der Waals surface area contributed by atoms with Crippen molar-refractivity contribution in [1.82, 2.24) is 0 Å². The molecule has 1 unspecified atom stereocenters. The Labute approximate surface area is 149 Å². The average Bonchev–Trinajstić information content (AvgIpc) is 2.90. The first-order valence-electron chi connectivity index (χ1n) is 8.49. The Morgan fingerprint density at radius 1 is 1.08 bits per heavy atom. The summed E-state index contributed by atoms with van der Waals surface area (Å²) in [7, 11) is -1.90. The Hall–Kier alpha value is -2.40. The molecule has 1 heterocycles. The molecule has 0 N–H and O–H groups in total. The summed E-state index contributed by atoms with van der Waals surface area (Å²) in [5.74, 6) is -0.474. The summed E-state index contributed by atoms with van der Waals surface area (Å²) in [5, 5.41) is 0. The highest BCUT2D eigenvalue weighted by Crippen LogP contribution is 2.29. The van der Waals surface area contributed by atoms with Gasteiger partial charge in [0.15, 0.2) is 0 Å². The van der Waals surface area contributed by atoms with Gasteiger partial charge < -0.3 is 9.33 Å². The highest BCUT2D eigenvalue weighted by Gasteiger charge is 2.28. The molecular formula is C20H23NO3Si. The van der Waals surface area contributed by atoms with Crippen molar-refractivity contribution in [3.8, 4) is 0 Å². The predicted octanol–water partition coefficient (Wildman–Crippen LogP) is 4.33. The summed E-state index contributed by atoms with van der Waals surface area (Å²) in [5.41, 5.74) is 3.55. The summed E-state index contributed by atoms with van der Waals surface area (Å²) in [6, 6.07) is 15.3. The molecule has 25 heavy (non-hydrogen) atoms. The van der Waals surface area contributed by atoms with E-state index < -0.39 is 8.32 Å². The van der Waals surface area contributed by atoms with Gasteiger partial charge in [-0.1, -0.05) is 30.3 Å². The number of benzene rings is 2. The fourth-order valence-electron chi connectivity index (χ4n) is 2.93. The highest BCUT2D eigenvalue weighted by molar-refractivity contribution is 6.71. The molecule has 0 spiro atoms. The van der Waals surface area contributed by atoms with Gasteiger partial charge in [-0.2, -0.15) is 0 Å². The SMILES string of the molecule is CC(C(=O)O[Si](C)(C)C)c1ccc(N2Cc3ccccc3C2=O)cc1. The first kappa shape index (κ1) is 17.4. The second-order valence-electron chi connectivity index (χ2n) is 7.40. The predicted molar refractivity (Wildman–Crippen MR) is 101 cm³/mol. The molecule has 0 aliphatic carbocycles. The molecule has 5 heteroatoms. The number of hydrogen-bond acceptors (Lipinski definition) is 3. The smallest absolute Gasteiger partial charge is 0.299 e. The van der Waals surface area contributed by atoms with Crippen LogP contribution in [0, 0.1) is 0 Å². The zero-order valence-corrected chi connectivity index (χ0v) is 16.1. The van der Waals surface area contributed by atoms with Gasteiger partial charge in [0, 0.05) is 11.3 Å². The molecular weight excluding hydrogens is 330 g/mol. The zero-order chi connectivity index (χ0) is 18.2. The minimum Gasteiger partial charge on any atom is -0.519 e. The van der Waals surface area contributed by atoms with Gasteiger partial charge in [0.05, 0.1) is 12.5 Å². The van der Waals surface area contributed by atoms with Crippen molar-refractivity contribution >= 4 is 25.9 Å². The van der Waals surface area contributed by atoms with Gasteiger partial charge in [0.25, 0.3) is 11.9 Å². The molecule has 0 fully saturated rings. The molecule has 0 radical (unpaired) electrons. The van der Waals surface area contributed by atoms with E-state index in [1.807, 2.05) is 75.1 Å². The minimum absolute atomic E-state index is 0.0227. The molecule has 3 rings (SSSR count). The zero-order valence-electron chi connectivity index (χ0n) is 15.1. The van der Waals surface area contributed by atoms with E-state index in [1.54, 1.807) is 4.90 Å². The Bertz CT molecular complexity index is 808. The largest absolute Gasteiger partial charge is 0.519 e. The molecule has 0 saturated heterocycles. The molecule has 130 valence electrons. The quantitative estimate of drug-likeness (QED) is 0.769. The molecule has 1 aliphatic heterocycles. The second-order valence-corrected chi connectivity index (χ2v) is 11.8. The summed E-state index contributed by atoms with van der Waals surface area (Å²) in [4.78, 5) is 26.5. The van der Waals surface area contributed by atoms with Crippen molar-refractivity contribution in [2.24, 2.45) is 0 Å². The molecule has 0 bridgehead atoms. The van der Waals surface area contributed by atoms with Crippen LogP contribution in [0.3, 0.4) is 0 Å². The maximum absolute atomic E-state index is 12.5. The summed E-state index contributed by atoms with van der Waals surface area (Å²) < 4.78 is 5.58. The van der Waals surface area contributed by atoms with Gasteiger partial charge in [0.1, 0.15) is 0 Å². The van der Waals surface area contributed by atoms with Crippen LogP contribution in [-0.2, 0) is 15.8 Å². The van der Waals surface area contributed by atoms with E-state index in [1.165, 1.54) is 0 Å². The number of hydrogen-bond donors (Lipinski definition) is 0. The number of anilines is 1. The van der Waals surface area contributed by atoms with Crippen LogP contribution >= 0.6 is 0 Å². The van der Waals surface area contributed by atoms with Crippen molar-refractivity contribution in [1.29, 1.82) is 0 Å². The number of amides is 1. The summed E-state index contributed by atoms with van der Waals surface area (Å²) in [6.07, 6.45) is 0. The lowest BCUT2D eigenvalue weighted by Gasteiger charge is -2.21. The maximum Gasteiger partial charge on any atom is 0.299 e. The van der Waals surface area contributed by atoms with Gasteiger partial charge in [-0.3, -0.25) is 9.59 Å².